The molecule has 2 atom stereocenters. The van der Waals surface area contributed by atoms with Gasteiger partial charge in [0.05, 0.1) is 5.25 Å². The Bertz CT molecular complexity index is 569. The number of carbonyl (C=O) groups is 1. The van der Waals surface area contributed by atoms with E-state index in [9.17, 15) is 18.0 Å². The molecule has 2 unspecified atom stereocenters. The molecule has 1 heterocycles. The van der Waals surface area contributed by atoms with Crippen LogP contribution in [0.5, 0.6) is 0 Å². The lowest BCUT2D eigenvalue weighted by atomic mass is 10.2. The van der Waals surface area contributed by atoms with Gasteiger partial charge in [-0.05, 0) is 31.2 Å². The monoisotopic (exact) mass is 431 g/mol. The molecule has 1 fully saturated rings. The van der Waals surface area contributed by atoms with E-state index in [2.05, 4.69) is 10.6 Å². The SMILES string of the molecule is CC(Sc1ccc(Cl)cc1)C(=O)NCC(N1CCNCC1)C(F)(F)F.Cl. The summed E-state index contributed by atoms with van der Waals surface area (Å²) in [7, 11) is 0. The maximum Gasteiger partial charge on any atom is 0.405 e. The number of nitrogens with zero attached hydrogens (tertiary/aromatic N) is 1. The largest absolute Gasteiger partial charge is 0.405 e. The van der Waals surface area contributed by atoms with Crippen molar-refractivity contribution in [3.8, 4) is 0 Å². The van der Waals surface area contributed by atoms with Gasteiger partial charge in [0.25, 0.3) is 0 Å². The van der Waals surface area contributed by atoms with Crippen LogP contribution in [-0.2, 0) is 4.79 Å². The topological polar surface area (TPSA) is 44.4 Å². The second-order valence-electron chi connectivity index (χ2n) is 5.80. The highest BCUT2D eigenvalue weighted by Gasteiger charge is 2.43. The lowest BCUT2D eigenvalue weighted by Gasteiger charge is -2.36. The fraction of sp³-hybridized carbons (Fsp3) is 0.562. The van der Waals surface area contributed by atoms with Gasteiger partial charge in [0.2, 0.25) is 5.91 Å². The van der Waals surface area contributed by atoms with Gasteiger partial charge >= 0.3 is 6.18 Å². The van der Waals surface area contributed by atoms with Crippen molar-refractivity contribution >= 4 is 41.7 Å². The van der Waals surface area contributed by atoms with Crippen LogP contribution in [-0.4, -0.2) is 61.0 Å². The molecule has 1 aliphatic rings. The Balaban J connectivity index is 0.00000338. The average molecular weight is 432 g/mol. The van der Waals surface area contributed by atoms with Crippen LogP contribution in [0.25, 0.3) is 0 Å². The van der Waals surface area contributed by atoms with Crippen molar-refractivity contribution in [2.45, 2.75) is 29.3 Å². The van der Waals surface area contributed by atoms with E-state index in [4.69, 9.17) is 11.6 Å². The maximum absolute atomic E-state index is 13.3. The van der Waals surface area contributed by atoms with Crippen molar-refractivity contribution < 1.29 is 18.0 Å². The molecule has 2 N–H and O–H groups in total. The smallest absolute Gasteiger partial charge is 0.353 e. The number of nitrogens with one attached hydrogen (secondary N) is 2. The molecule has 1 saturated heterocycles. The molecule has 0 radical (unpaired) electrons. The number of alkyl halides is 3. The van der Waals surface area contributed by atoms with Crippen LogP contribution in [0.4, 0.5) is 13.2 Å². The lowest BCUT2D eigenvalue weighted by molar-refractivity contribution is -0.184. The summed E-state index contributed by atoms with van der Waals surface area (Å²) >= 11 is 7.09. The number of hydrogen-bond acceptors (Lipinski definition) is 4. The van der Waals surface area contributed by atoms with Gasteiger partial charge in [-0.15, -0.1) is 24.2 Å². The molecule has 0 aliphatic carbocycles. The predicted molar refractivity (Wildman–Crippen MR) is 101 cm³/mol. The van der Waals surface area contributed by atoms with E-state index in [1.807, 2.05) is 0 Å². The number of hydrogen-bond donors (Lipinski definition) is 2. The van der Waals surface area contributed by atoms with Crippen molar-refractivity contribution in [3.63, 3.8) is 0 Å². The third-order valence-corrected chi connectivity index (χ3v) is 5.30. The standard InChI is InChI=1S/C16H21ClF3N3OS.ClH/c1-11(25-13-4-2-12(17)3-5-13)15(24)22-10-14(16(18,19)20)23-8-6-21-7-9-23;/h2-5,11,14,21H,6-10H2,1H3,(H,22,24);1H. The van der Waals surface area contributed by atoms with Crippen molar-refractivity contribution in [3.05, 3.63) is 29.3 Å². The first-order valence-electron chi connectivity index (χ1n) is 7.99. The average Bonchev–Trinajstić information content (AvgIpc) is 2.56. The Morgan fingerprint density at radius 1 is 1.31 bits per heavy atom. The van der Waals surface area contributed by atoms with E-state index in [1.54, 1.807) is 31.2 Å². The summed E-state index contributed by atoms with van der Waals surface area (Å²) in [5.74, 6) is -0.413. The Morgan fingerprint density at radius 2 is 1.88 bits per heavy atom. The van der Waals surface area contributed by atoms with Gasteiger partial charge in [0, 0.05) is 42.6 Å². The van der Waals surface area contributed by atoms with E-state index in [1.165, 1.54) is 16.7 Å². The zero-order valence-electron chi connectivity index (χ0n) is 14.2. The van der Waals surface area contributed by atoms with Crippen LogP contribution in [0, 0.1) is 0 Å². The molecule has 148 valence electrons. The summed E-state index contributed by atoms with van der Waals surface area (Å²) in [6, 6.07) is 5.30. The molecule has 0 aromatic heterocycles. The lowest BCUT2D eigenvalue weighted by Crippen LogP contribution is -2.57. The third-order valence-electron chi connectivity index (χ3n) is 3.94. The summed E-state index contributed by atoms with van der Waals surface area (Å²) in [5.41, 5.74) is 0. The molecule has 1 aromatic rings. The first-order chi connectivity index (χ1) is 11.8. The zero-order valence-corrected chi connectivity index (χ0v) is 16.6. The molecule has 1 aliphatic heterocycles. The van der Waals surface area contributed by atoms with Crippen molar-refractivity contribution in [2.24, 2.45) is 0 Å². The van der Waals surface area contributed by atoms with Gasteiger partial charge in [-0.2, -0.15) is 13.2 Å². The Morgan fingerprint density at radius 3 is 2.42 bits per heavy atom. The second-order valence-corrected chi connectivity index (χ2v) is 7.65. The minimum atomic E-state index is -4.38. The molecule has 1 amide bonds. The van der Waals surface area contributed by atoms with E-state index < -0.39 is 29.9 Å². The normalized spacial score (nSPS) is 17.9. The van der Waals surface area contributed by atoms with Crippen LogP contribution in [0.15, 0.2) is 29.2 Å². The molecule has 0 saturated carbocycles. The van der Waals surface area contributed by atoms with Gasteiger partial charge in [-0.25, -0.2) is 0 Å². The first kappa shape index (κ1) is 23.4. The van der Waals surface area contributed by atoms with Gasteiger partial charge in [0.1, 0.15) is 6.04 Å². The summed E-state index contributed by atoms with van der Waals surface area (Å²) < 4.78 is 39.9. The van der Waals surface area contributed by atoms with Gasteiger partial charge in [-0.1, -0.05) is 11.6 Å². The number of thioether (sulfide) groups is 1. The van der Waals surface area contributed by atoms with Crippen molar-refractivity contribution in [1.29, 1.82) is 0 Å². The zero-order chi connectivity index (χ0) is 18.4. The Labute approximate surface area is 166 Å². The molecule has 1 aromatic carbocycles. The molecule has 0 bridgehead atoms. The molecule has 26 heavy (non-hydrogen) atoms. The highest BCUT2D eigenvalue weighted by molar-refractivity contribution is 8.00. The van der Waals surface area contributed by atoms with Crippen LogP contribution in [0.2, 0.25) is 5.02 Å². The fourth-order valence-electron chi connectivity index (χ4n) is 2.56. The summed E-state index contributed by atoms with van der Waals surface area (Å²) in [5, 5.41) is 5.56. The van der Waals surface area contributed by atoms with Crippen LogP contribution < -0.4 is 10.6 Å². The van der Waals surface area contributed by atoms with E-state index in [0.717, 1.165) is 4.90 Å². The number of carbonyl (C=O) groups excluding carboxylic acids is 1. The van der Waals surface area contributed by atoms with Crippen molar-refractivity contribution in [1.82, 2.24) is 15.5 Å². The van der Waals surface area contributed by atoms with Crippen LogP contribution >= 0.6 is 35.8 Å². The van der Waals surface area contributed by atoms with Crippen molar-refractivity contribution in [2.75, 3.05) is 32.7 Å². The molecule has 2 rings (SSSR count). The van der Waals surface area contributed by atoms with Crippen LogP contribution in [0.3, 0.4) is 0 Å². The Kier molecular flexibility index (Phi) is 9.54. The number of rotatable bonds is 6. The summed E-state index contributed by atoms with van der Waals surface area (Å²) in [4.78, 5) is 14.4. The minimum Gasteiger partial charge on any atom is -0.353 e. The third kappa shape index (κ3) is 7.15. The number of piperazine rings is 1. The molecule has 4 nitrogen and oxygen atoms in total. The summed E-state index contributed by atoms with van der Waals surface area (Å²) in [6.07, 6.45) is -4.38. The maximum atomic E-state index is 13.3. The number of benzene rings is 1. The number of amides is 1. The molecular formula is C16H22Cl2F3N3OS. The highest BCUT2D eigenvalue weighted by Crippen LogP contribution is 2.26. The first-order valence-corrected chi connectivity index (χ1v) is 9.24. The van der Waals surface area contributed by atoms with Gasteiger partial charge in [-0.3, -0.25) is 9.69 Å². The van der Waals surface area contributed by atoms with E-state index in [0.29, 0.717) is 31.2 Å². The molecule has 0 spiro atoms. The quantitative estimate of drug-likeness (QED) is 0.678. The fourth-order valence-corrected chi connectivity index (χ4v) is 3.58. The van der Waals surface area contributed by atoms with E-state index >= 15 is 0 Å². The van der Waals surface area contributed by atoms with E-state index in [-0.39, 0.29) is 12.4 Å². The molecule has 10 heteroatoms. The second kappa shape index (κ2) is 10.6. The Hall–Kier alpha value is -0.670. The van der Waals surface area contributed by atoms with Gasteiger partial charge < -0.3 is 10.6 Å². The minimum absolute atomic E-state index is 0. The highest BCUT2D eigenvalue weighted by atomic mass is 35.5. The summed E-state index contributed by atoms with van der Waals surface area (Å²) in [6.45, 7) is 2.90. The van der Waals surface area contributed by atoms with Crippen LogP contribution in [0.1, 0.15) is 6.92 Å². The number of halogens is 5. The van der Waals surface area contributed by atoms with Gasteiger partial charge in [0.15, 0.2) is 0 Å². The predicted octanol–water partition coefficient (Wildman–Crippen LogP) is 3.19. The molecular weight excluding hydrogens is 410 g/mol.